The molecular weight excluding hydrogens is 313 g/mol. The number of rotatable bonds is 6. The first-order valence-corrected chi connectivity index (χ1v) is 8.63. The van der Waals surface area contributed by atoms with Crippen LogP contribution in [-0.2, 0) is 17.3 Å². The van der Waals surface area contributed by atoms with Crippen LogP contribution in [0.2, 0.25) is 0 Å². The Hall–Kier alpha value is -2.21. The molecule has 0 fully saturated rings. The van der Waals surface area contributed by atoms with Gasteiger partial charge in [-0.25, -0.2) is 4.39 Å². The molecule has 0 aliphatic heterocycles. The van der Waals surface area contributed by atoms with Crippen LogP contribution >= 0.6 is 0 Å². The zero-order valence-corrected chi connectivity index (χ0v) is 13.8. The highest BCUT2D eigenvalue weighted by atomic mass is 32.2. The summed E-state index contributed by atoms with van der Waals surface area (Å²) in [5.74, 6) is 0.829. The number of nitrogens with zero attached hydrogens (tertiary/aromatic N) is 1. The van der Waals surface area contributed by atoms with Crippen molar-refractivity contribution in [3.63, 3.8) is 0 Å². The van der Waals surface area contributed by atoms with Crippen molar-refractivity contribution in [2.24, 2.45) is 4.99 Å². The third kappa shape index (κ3) is 5.83. The minimum absolute atomic E-state index is 0.259. The normalized spacial score (nSPS) is 12.7. The van der Waals surface area contributed by atoms with Crippen LogP contribution < -0.4 is 10.6 Å². The molecule has 0 saturated carbocycles. The fraction of sp³-hybridized carbons (Fsp3) is 0.235. The van der Waals surface area contributed by atoms with Crippen LogP contribution in [0.15, 0.2) is 64.5 Å². The van der Waals surface area contributed by atoms with Crippen LogP contribution in [0, 0.1) is 5.82 Å². The predicted molar refractivity (Wildman–Crippen MR) is 92.3 cm³/mol. The minimum atomic E-state index is -1.04. The van der Waals surface area contributed by atoms with Gasteiger partial charge in [0, 0.05) is 30.8 Å². The molecule has 2 aromatic carbocycles. The lowest BCUT2D eigenvalue weighted by Gasteiger charge is -2.12. The summed E-state index contributed by atoms with van der Waals surface area (Å²) in [6.45, 7) is 1.00. The summed E-state index contributed by atoms with van der Waals surface area (Å²) >= 11 is 0. The monoisotopic (exact) mass is 333 g/mol. The highest BCUT2D eigenvalue weighted by Gasteiger charge is 2.04. The second-order valence-corrected chi connectivity index (χ2v) is 6.42. The Morgan fingerprint density at radius 2 is 1.91 bits per heavy atom. The molecule has 0 aliphatic rings. The second-order valence-electron chi connectivity index (χ2n) is 4.85. The lowest BCUT2D eigenvalue weighted by molar-refractivity contribution is 0.624. The molecule has 1 atom stereocenters. The first-order valence-electron chi connectivity index (χ1n) is 7.31. The number of nitrogens with one attached hydrogen (secondary N) is 2. The molecule has 4 nitrogen and oxygen atoms in total. The van der Waals surface area contributed by atoms with E-state index < -0.39 is 10.8 Å². The van der Waals surface area contributed by atoms with Gasteiger partial charge in [0.15, 0.2) is 5.96 Å². The van der Waals surface area contributed by atoms with E-state index in [-0.39, 0.29) is 5.82 Å². The van der Waals surface area contributed by atoms with Crippen molar-refractivity contribution in [1.29, 1.82) is 0 Å². The van der Waals surface area contributed by atoms with Crippen LogP contribution in [-0.4, -0.2) is 29.5 Å². The van der Waals surface area contributed by atoms with Crippen molar-refractivity contribution >= 4 is 16.8 Å². The van der Waals surface area contributed by atoms with Gasteiger partial charge in [0.25, 0.3) is 0 Å². The Bertz CT molecular complexity index is 677. The van der Waals surface area contributed by atoms with E-state index >= 15 is 0 Å². The lowest BCUT2D eigenvalue weighted by Crippen LogP contribution is -2.38. The van der Waals surface area contributed by atoms with Gasteiger partial charge in [-0.1, -0.05) is 30.3 Å². The number of guanidine groups is 1. The largest absolute Gasteiger partial charge is 0.355 e. The molecule has 2 rings (SSSR count). The van der Waals surface area contributed by atoms with Crippen molar-refractivity contribution in [1.82, 2.24) is 10.6 Å². The summed E-state index contributed by atoms with van der Waals surface area (Å²) < 4.78 is 25.2. The first kappa shape index (κ1) is 17.1. The average molecular weight is 333 g/mol. The zero-order chi connectivity index (χ0) is 16.5. The molecule has 0 saturated heterocycles. The molecule has 0 aliphatic carbocycles. The molecule has 0 heterocycles. The maximum absolute atomic E-state index is 13.1. The summed E-state index contributed by atoms with van der Waals surface area (Å²) in [7, 11) is 0.622. The molecule has 0 radical (unpaired) electrons. The van der Waals surface area contributed by atoms with Crippen molar-refractivity contribution in [2.45, 2.75) is 11.4 Å². The van der Waals surface area contributed by atoms with E-state index in [1.165, 1.54) is 12.1 Å². The smallest absolute Gasteiger partial charge is 0.191 e. The van der Waals surface area contributed by atoms with Crippen molar-refractivity contribution < 1.29 is 8.60 Å². The summed E-state index contributed by atoms with van der Waals surface area (Å²) in [5.41, 5.74) is 0.834. The van der Waals surface area contributed by atoms with Gasteiger partial charge < -0.3 is 10.6 Å². The van der Waals surface area contributed by atoms with Gasteiger partial charge in [-0.05, 0) is 29.8 Å². The van der Waals surface area contributed by atoms with Gasteiger partial charge >= 0.3 is 0 Å². The van der Waals surface area contributed by atoms with Gasteiger partial charge in [-0.3, -0.25) is 9.20 Å². The van der Waals surface area contributed by atoms with Crippen LogP contribution in [0.25, 0.3) is 0 Å². The van der Waals surface area contributed by atoms with Crippen LogP contribution in [0.1, 0.15) is 5.56 Å². The number of benzene rings is 2. The summed E-state index contributed by atoms with van der Waals surface area (Å²) in [6, 6.07) is 15.8. The maximum Gasteiger partial charge on any atom is 0.191 e. The van der Waals surface area contributed by atoms with Gasteiger partial charge in [0.2, 0.25) is 0 Å². The van der Waals surface area contributed by atoms with Crippen LogP contribution in [0.3, 0.4) is 0 Å². The molecule has 0 bridgehead atoms. The molecule has 1 unspecified atom stereocenters. The Morgan fingerprint density at radius 3 is 2.61 bits per heavy atom. The van der Waals surface area contributed by atoms with E-state index in [0.717, 1.165) is 10.5 Å². The van der Waals surface area contributed by atoms with E-state index in [4.69, 9.17) is 0 Å². The number of hydrogen-bond acceptors (Lipinski definition) is 2. The summed E-state index contributed by atoms with van der Waals surface area (Å²) in [6.07, 6.45) is 0. The minimum Gasteiger partial charge on any atom is -0.355 e. The predicted octanol–water partition coefficient (Wildman–Crippen LogP) is 2.30. The summed E-state index contributed by atoms with van der Waals surface area (Å²) in [5, 5.41) is 6.21. The zero-order valence-electron chi connectivity index (χ0n) is 13.0. The molecule has 6 heteroatoms. The molecule has 23 heavy (non-hydrogen) atoms. The first-order chi connectivity index (χ1) is 11.2. The summed E-state index contributed by atoms with van der Waals surface area (Å²) in [4.78, 5) is 4.91. The van der Waals surface area contributed by atoms with E-state index in [2.05, 4.69) is 15.6 Å². The van der Waals surface area contributed by atoms with Gasteiger partial charge in [0.05, 0.1) is 10.8 Å². The Balaban J connectivity index is 1.76. The number of hydrogen-bond donors (Lipinski definition) is 2. The second kappa shape index (κ2) is 9.05. The van der Waals surface area contributed by atoms with E-state index in [1.807, 2.05) is 36.4 Å². The van der Waals surface area contributed by atoms with E-state index in [9.17, 15) is 8.60 Å². The molecule has 0 amide bonds. The SMILES string of the molecule is CN=C(NCCS(=O)c1ccccc1)NCc1cccc(F)c1. The topological polar surface area (TPSA) is 53.5 Å². The van der Waals surface area contributed by atoms with Crippen LogP contribution in [0.5, 0.6) is 0 Å². The maximum atomic E-state index is 13.1. The quantitative estimate of drug-likeness (QED) is 0.630. The molecule has 0 aromatic heterocycles. The van der Waals surface area contributed by atoms with E-state index in [0.29, 0.717) is 24.8 Å². The molecular formula is C17H20FN3OS. The molecule has 122 valence electrons. The third-order valence-corrected chi connectivity index (χ3v) is 4.53. The van der Waals surface area contributed by atoms with Gasteiger partial charge in [-0.2, -0.15) is 0 Å². The van der Waals surface area contributed by atoms with Crippen molar-refractivity contribution in [2.75, 3.05) is 19.3 Å². The molecule has 0 spiro atoms. The van der Waals surface area contributed by atoms with Crippen molar-refractivity contribution in [3.8, 4) is 0 Å². The fourth-order valence-electron chi connectivity index (χ4n) is 2.01. The highest BCUT2D eigenvalue weighted by Crippen LogP contribution is 2.05. The number of aliphatic imine (C=N–C) groups is 1. The van der Waals surface area contributed by atoms with Crippen LogP contribution in [0.4, 0.5) is 4.39 Å². The highest BCUT2D eigenvalue weighted by molar-refractivity contribution is 7.85. The third-order valence-electron chi connectivity index (χ3n) is 3.16. The van der Waals surface area contributed by atoms with Crippen molar-refractivity contribution in [3.05, 3.63) is 66.0 Å². The van der Waals surface area contributed by atoms with Gasteiger partial charge in [0.1, 0.15) is 5.82 Å². The Labute approximate surface area is 138 Å². The molecule has 2 aromatic rings. The van der Waals surface area contributed by atoms with Gasteiger partial charge in [-0.15, -0.1) is 0 Å². The van der Waals surface area contributed by atoms with E-state index in [1.54, 1.807) is 13.1 Å². The fourth-order valence-corrected chi connectivity index (χ4v) is 2.99. The molecule has 2 N–H and O–H groups in total. The standard InChI is InChI=1S/C17H20FN3OS/c1-19-17(21-13-14-6-5-7-15(18)12-14)20-10-11-23(22)16-8-3-2-4-9-16/h2-9,12H,10-11,13H2,1H3,(H2,19,20,21). The lowest BCUT2D eigenvalue weighted by atomic mass is 10.2. The average Bonchev–Trinajstić information content (AvgIpc) is 2.58. The number of halogens is 1. The Kier molecular flexibility index (Phi) is 6.75. The Morgan fingerprint density at radius 1 is 1.13 bits per heavy atom.